The summed E-state index contributed by atoms with van der Waals surface area (Å²) in [5.41, 5.74) is 0.859. The van der Waals surface area contributed by atoms with Gasteiger partial charge in [-0.15, -0.1) is 11.3 Å². The van der Waals surface area contributed by atoms with E-state index >= 15 is 0 Å². The highest BCUT2D eigenvalue weighted by Gasteiger charge is 2.33. The van der Waals surface area contributed by atoms with Gasteiger partial charge < -0.3 is 19.5 Å². The van der Waals surface area contributed by atoms with Crippen molar-refractivity contribution < 1.29 is 36.6 Å². The molecule has 1 fully saturated rings. The number of hydrogen-bond acceptors (Lipinski definition) is 9. The third-order valence-corrected chi connectivity index (χ3v) is 10.5. The first-order valence-electron chi connectivity index (χ1n) is 13.6. The number of nitrogens with one attached hydrogen (secondary N) is 1. The lowest BCUT2D eigenvalue weighted by atomic mass is 10.1. The Morgan fingerprint density at radius 3 is 2.42 bits per heavy atom. The highest BCUT2D eigenvalue weighted by molar-refractivity contribution is 9.10. The summed E-state index contributed by atoms with van der Waals surface area (Å²) < 4.78 is 59.2. The molecule has 1 aromatic heterocycles. The highest BCUT2D eigenvalue weighted by Crippen LogP contribution is 2.47. The number of piperidine rings is 1. The van der Waals surface area contributed by atoms with Crippen molar-refractivity contribution in [2.45, 2.75) is 51.0 Å². The number of hydrogen-bond donors (Lipinski definition) is 1. The van der Waals surface area contributed by atoms with Crippen molar-refractivity contribution in [3.05, 3.63) is 69.3 Å². The zero-order chi connectivity index (χ0) is 31.4. The van der Waals surface area contributed by atoms with Crippen LogP contribution in [0.4, 0.5) is 10.1 Å². The van der Waals surface area contributed by atoms with Gasteiger partial charge in [0.05, 0.1) is 27.9 Å². The fourth-order valence-corrected chi connectivity index (χ4v) is 8.54. The second-order valence-electron chi connectivity index (χ2n) is 11.0. The topological polar surface area (TPSA) is 111 Å². The summed E-state index contributed by atoms with van der Waals surface area (Å²) in [5, 5.41) is 3.27. The van der Waals surface area contributed by atoms with Crippen molar-refractivity contribution >= 4 is 54.9 Å². The zero-order valence-electron chi connectivity index (χ0n) is 24.3. The van der Waals surface area contributed by atoms with Crippen LogP contribution in [0, 0.1) is 5.82 Å². The maximum atomic E-state index is 13.9. The number of thiophene rings is 1. The van der Waals surface area contributed by atoms with E-state index in [1.807, 2.05) is 0 Å². The molecule has 0 unspecified atom stereocenters. The molecule has 2 heterocycles. The fourth-order valence-electron chi connectivity index (χ4n) is 4.72. The molecule has 1 aliphatic heterocycles. The first-order valence-corrected chi connectivity index (χ1v) is 16.8. The number of sulfonamides is 1. The van der Waals surface area contributed by atoms with Crippen LogP contribution in [0.3, 0.4) is 0 Å². The Balaban J connectivity index is 1.72. The normalized spacial score (nSPS) is 14.3. The molecule has 0 saturated carbocycles. The predicted octanol–water partition coefficient (Wildman–Crippen LogP) is 5.91. The lowest BCUT2D eigenvalue weighted by Gasteiger charge is -2.35. The van der Waals surface area contributed by atoms with E-state index in [1.54, 1.807) is 45.0 Å². The van der Waals surface area contributed by atoms with Gasteiger partial charge in [-0.2, -0.15) is 0 Å². The van der Waals surface area contributed by atoms with E-state index in [1.165, 1.54) is 35.7 Å². The highest BCUT2D eigenvalue weighted by atomic mass is 79.9. The molecule has 3 aromatic rings. The smallest absolute Gasteiger partial charge is 0.351 e. The Bertz CT molecular complexity index is 1560. The van der Waals surface area contributed by atoms with Crippen LogP contribution in [0.2, 0.25) is 0 Å². The number of ether oxygens (including phenoxy) is 3. The van der Waals surface area contributed by atoms with E-state index in [0.29, 0.717) is 52.1 Å². The molecule has 9 nitrogen and oxygen atoms in total. The Morgan fingerprint density at radius 2 is 1.79 bits per heavy atom. The molecule has 1 saturated heterocycles. The summed E-state index contributed by atoms with van der Waals surface area (Å²) in [5.74, 6) is -1.85. The monoisotopic (exact) mass is 696 g/mol. The van der Waals surface area contributed by atoms with Crippen LogP contribution in [-0.2, 0) is 30.0 Å². The lowest BCUT2D eigenvalue weighted by molar-refractivity contribution is -0.157. The van der Waals surface area contributed by atoms with Crippen LogP contribution in [0.15, 0.2) is 53.0 Å². The van der Waals surface area contributed by atoms with Gasteiger partial charge in [-0.25, -0.2) is 22.4 Å². The third-order valence-electron chi connectivity index (χ3n) is 6.50. The number of anilines is 1. The summed E-state index contributed by atoms with van der Waals surface area (Å²) in [6.07, 6.45) is 1.23. The van der Waals surface area contributed by atoms with Crippen molar-refractivity contribution in [3.8, 4) is 16.2 Å². The maximum absolute atomic E-state index is 13.9. The van der Waals surface area contributed by atoms with Crippen LogP contribution >= 0.6 is 27.3 Å². The minimum Gasteiger partial charge on any atom is -0.479 e. The van der Waals surface area contributed by atoms with Crippen molar-refractivity contribution in [2.24, 2.45) is 0 Å². The number of methoxy groups -OCH3 is 1. The second kappa shape index (κ2) is 13.7. The van der Waals surface area contributed by atoms with Crippen LogP contribution in [0.1, 0.15) is 48.8 Å². The van der Waals surface area contributed by atoms with E-state index in [2.05, 4.69) is 21.2 Å². The van der Waals surface area contributed by atoms with Crippen molar-refractivity contribution in [2.75, 3.05) is 31.1 Å². The molecule has 13 heteroatoms. The Labute approximate surface area is 263 Å². The molecule has 0 bridgehead atoms. The first-order chi connectivity index (χ1) is 20.3. The largest absolute Gasteiger partial charge is 0.479 e. The predicted molar refractivity (Wildman–Crippen MR) is 168 cm³/mol. The van der Waals surface area contributed by atoms with Gasteiger partial charge in [0.2, 0.25) is 10.0 Å². The standard InChI is InChI=1S/C30H34BrFN2O7S2/c1-30(2,3)41-24(35)17-40-26-25(31)27(42-28(26)29(36)39-4)20-6-5-7-23(16-20)34(22-12-14-33-15-13-22)43(37,38)18-19-8-10-21(32)11-9-19/h5-11,16,22,33H,12-15,17-18H2,1-4H3. The zero-order valence-corrected chi connectivity index (χ0v) is 27.5. The van der Waals surface area contributed by atoms with Crippen LogP contribution in [0.25, 0.3) is 10.4 Å². The average Bonchev–Trinajstić information content (AvgIpc) is 3.28. The number of halogens is 2. The first kappa shape index (κ1) is 32.9. The van der Waals surface area contributed by atoms with E-state index in [4.69, 9.17) is 14.2 Å². The Hall–Kier alpha value is -3.00. The molecule has 232 valence electrons. The van der Waals surface area contributed by atoms with Crippen molar-refractivity contribution in [3.63, 3.8) is 0 Å². The number of carbonyl (C=O) groups excluding carboxylic acids is 2. The molecule has 1 N–H and O–H groups in total. The van der Waals surface area contributed by atoms with Gasteiger partial charge in [0.15, 0.2) is 17.2 Å². The van der Waals surface area contributed by atoms with Crippen LogP contribution in [0.5, 0.6) is 5.75 Å². The average molecular weight is 698 g/mol. The van der Waals surface area contributed by atoms with E-state index in [9.17, 15) is 22.4 Å². The SMILES string of the molecule is COC(=O)c1sc(-c2cccc(N(C3CCNCC3)S(=O)(=O)Cc3ccc(F)cc3)c2)c(Br)c1OCC(=O)OC(C)(C)C. The molecule has 0 radical (unpaired) electrons. The molecular weight excluding hydrogens is 663 g/mol. The summed E-state index contributed by atoms with van der Waals surface area (Å²) in [6, 6.07) is 12.2. The quantitative estimate of drug-likeness (QED) is 0.261. The number of benzene rings is 2. The van der Waals surface area contributed by atoms with Crippen molar-refractivity contribution in [1.29, 1.82) is 0 Å². The van der Waals surface area contributed by atoms with Gasteiger partial charge in [0, 0.05) is 6.04 Å². The summed E-state index contributed by atoms with van der Waals surface area (Å²) in [7, 11) is -2.63. The number of carbonyl (C=O) groups is 2. The van der Waals surface area contributed by atoms with E-state index < -0.39 is 40.0 Å². The van der Waals surface area contributed by atoms with Gasteiger partial charge >= 0.3 is 11.9 Å². The van der Waals surface area contributed by atoms with Gasteiger partial charge in [0.25, 0.3) is 0 Å². The molecule has 2 aromatic carbocycles. The minimum atomic E-state index is -3.88. The fraction of sp³-hybridized carbons (Fsp3) is 0.400. The third kappa shape index (κ3) is 8.34. The van der Waals surface area contributed by atoms with Crippen molar-refractivity contribution in [1.82, 2.24) is 5.32 Å². The van der Waals surface area contributed by atoms with Crippen LogP contribution in [-0.4, -0.2) is 58.8 Å². The molecule has 0 amide bonds. The molecule has 1 aliphatic rings. The Morgan fingerprint density at radius 1 is 1.12 bits per heavy atom. The number of rotatable bonds is 10. The van der Waals surface area contributed by atoms with Gasteiger partial charge in [-0.1, -0.05) is 24.3 Å². The summed E-state index contributed by atoms with van der Waals surface area (Å²) in [6.45, 7) is 6.13. The summed E-state index contributed by atoms with van der Waals surface area (Å²) in [4.78, 5) is 25.7. The molecule has 4 rings (SSSR count). The summed E-state index contributed by atoms with van der Waals surface area (Å²) >= 11 is 4.62. The van der Waals surface area contributed by atoms with Gasteiger partial charge in [-0.05, 0) is 98.0 Å². The van der Waals surface area contributed by atoms with E-state index in [0.717, 1.165) is 11.3 Å². The molecular formula is C30H34BrFN2O7S2. The lowest BCUT2D eigenvalue weighted by Crippen LogP contribution is -2.46. The van der Waals surface area contributed by atoms with E-state index in [-0.39, 0.29) is 22.4 Å². The van der Waals surface area contributed by atoms with Gasteiger partial charge in [0.1, 0.15) is 11.4 Å². The second-order valence-corrected chi connectivity index (χ2v) is 14.6. The number of esters is 2. The molecule has 0 aliphatic carbocycles. The Kier molecular flexibility index (Phi) is 10.5. The maximum Gasteiger partial charge on any atom is 0.351 e. The molecule has 43 heavy (non-hydrogen) atoms. The molecule has 0 spiro atoms. The molecule has 0 atom stereocenters. The number of nitrogens with zero attached hydrogens (tertiary/aromatic N) is 1. The van der Waals surface area contributed by atoms with Gasteiger partial charge in [-0.3, -0.25) is 4.31 Å². The van der Waals surface area contributed by atoms with Crippen LogP contribution < -0.4 is 14.4 Å². The minimum absolute atomic E-state index is 0.127.